The number of carbonyl (C=O) groups is 2. The van der Waals surface area contributed by atoms with Crippen molar-refractivity contribution in [1.82, 2.24) is 10.2 Å². The summed E-state index contributed by atoms with van der Waals surface area (Å²) in [5.74, 6) is 0.00337. The van der Waals surface area contributed by atoms with Crippen LogP contribution in [0.25, 0.3) is 0 Å². The van der Waals surface area contributed by atoms with Gasteiger partial charge in [-0.2, -0.15) is 0 Å². The first-order chi connectivity index (χ1) is 14.2. The van der Waals surface area contributed by atoms with Crippen LogP contribution < -0.4 is 5.32 Å². The van der Waals surface area contributed by atoms with Crippen molar-refractivity contribution in [3.63, 3.8) is 0 Å². The molecular weight excluding hydrogens is 443 g/mol. The highest BCUT2D eigenvalue weighted by atomic mass is 35.5. The topological polar surface area (TPSA) is 49.4 Å². The monoisotopic (exact) mass is 468 g/mol. The number of halogens is 3. The predicted octanol–water partition coefficient (Wildman–Crippen LogP) is 5.77. The van der Waals surface area contributed by atoms with Crippen molar-refractivity contribution >= 4 is 46.6 Å². The Labute approximate surface area is 193 Å². The average molecular weight is 470 g/mol. The van der Waals surface area contributed by atoms with Gasteiger partial charge in [0.15, 0.2) is 0 Å². The number of benzene rings is 2. The van der Waals surface area contributed by atoms with Crippen molar-refractivity contribution in [3.05, 3.63) is 68.7 Å². The standard InChI is InChI=1S/C23H27Cl3N2O2/c1-15(2)13-27-23(30)16(3)28(14-17-8-10-20(25)21(26)12-17)22(29)11-9-18-6-4-5-7-19(18)24/h4-8,10,12,15-16H,9,11,13-14H2,1-3H3,(H,27,30)/t16-/m1/s1. The lowest BCUT2D eigenvalue weighted by atomic mass is 10.1. The van der Waals surface area contributed by atoms with Gasteiger partial charge in [-0.3, -0.25) is 9.59 Å². The highest BCUT2D eigenvalue weighted by Gasteiger charge is 2.26. The van der Waals surface area contributed by atoms with E-state index in [1.165, 1.54) is 0 Å². The number of aryl methyl sites for hydroxylation is 1. The lowest BCUT2D eigenvalue weighted by molar-refractivity contribution is -0.140. The van der Waals surface area contributed by atoms with Gasteiger partial charge in [-0.05, 0) is 48.6 Å². The molecule has 0 saturated heterocycles. The Bertz CT molecular complexity index is 887. The number of nitrogens with zero attached hydrogens (tertiary/aromatic N) is 1. The maximum atomic E-state index is 13.1. The van der Waals surface area contributed by atoms with Gasteiger partial charge in [0.25, 0.3) is 0 Å². The van der Waals surface area contributed by atoms with Gasteiger partial charge >= 0.3 is 0 Å². The van der Waals surface area contributed by atoms with E-state index < -0.39 is 6.04 Å². The summed E-state index contributed by atoms with van der Waals surface area (Å²) in [5, 5.41) is 4.39. The zero-order chi connectivity index (χ0) is 22.3. The molecule has 1 N–H and O–H groups in total. The number of nitrogens with one attached hydrogen (secondary N) is 1. The fraction of sp³-hybridized carbons (Fsp3) is 0.391. The Hall–Kier alpha value is -1.75. The molecule has 0 unspecified atom stereocenters. The highest BCUT2D eigenvalue weighted by Crippen LogP contribution is 2.24. The lowest BCUT2D eigenvalue weighted by Crippen LogP contribution is -2.48. The fourth-order valence-corrected chi connectivity index (χ4v) is 3.51. The van der Waals surface area contributed by atoms with E-state index in [-0.39, 0.29) is 24.8 Å². The van der Waals surface area contributed by atoms with E-state index in [4.69, 9.17) is 34.8 Å². The van der Waals surface area contributed by atoms with Crippen molar-refractivity contribution in [2.45, 2.75) is 46.2 Å². The first-order valence-corrected chi connectivity index (χ1v) is 11.1. The van der Waals surface area contributed by atoms with Crippen molar-refractivity contribution in [2.24, 2.45) is 5.92 Å². The zero-order valence-corrected chi connectivity index (χ0v) is 19.7. The first kappa shape index (κ1) is 24.5. The molecular formula is C23H27Cl3N2O2. The number of carbonyl (C=O) groups excluding carboxylic acids is 2. The molecule has 0 spiro atoms. The molecule has 0 aromatic heterocycles. The molecule has 0 aliphatic heterocycles. The van der Waals surface area contributed by atoms with Crippen molar-refractivity contribution < 1.29 is 9.59 Å². The summed E-state index contributed by atoms with van der Waals surface area (Å²) in [6.07, 6.45) is 0.740. The van der Waals surface area contributed by atoms with E-state index in [2.05, 4.69) is 5.32 Å². The van der Waals surface area contributed by atoms with Gasteiger partial charge in [0.1, 0.15) is 6.04 Å². The number of hydrogen-bond donors (Lipinski definition) is 1. The molecule has 0 aliphatic rings. The van der Waals surface area contributed by atoms with Crippen LogP contribution in [0.1, 0.15) is 38.3 Å². The van der Waals surface area contributed by atoms with Gasteiger partial charge in [0.2, 0.25) is 11.8 Å². The molecule has 30 heavy (non-hydrogen) atoms. The minimum Gasteiger partial charge on any atom is -0.354 e. The van der Waals surface area contributed by atoms with Crippen LogP contribution in [0.5, 0.6) is 0 Å². The average Bonchev–Trinajstić information content (AvgIpc) is 2.71. The third-order valence-corrected chi connectivity index (χ3v) is 5.86. The van der Waals surface area contributed by atoms with Crippen LogP contribution in [0.2, 0.25) is 15.1 Å². The molecule has 4 nitrogen and oxygen atoms in total. The molecule has 1 atom stereocenters. The summed E-state index contributed by atoms with van der Waals surface area (Å²) >= 11 is 18.4. The summed E-state index contributed by atoms with van der Waals surface area (Å²) in [6, 6.07) is 12.0. The normalized spacial score (nSPS) is 12.0. The minimum absolute atomic E-state index is 0.131. The van der Waals surface area contributed by atoms with Crippen LogP contribution in [0, 0.1) is 5.92 Å². The van der Waals surface area contributed by atoms with E-state index in [9.17, 15) is 9.59 Å². The Morgan fingerprint density at radius 3 is 2.30 bits per heavy atom. The van der Waals surface area contributed by atoms with E-state index >= 15 is 0 Å². The SMILES string of the molecule is CC(C)CNC(=O)[C@@H](C)N(Cc1ccc(Cl)c(Cl)c1)C(=O)CCc1ccccc1Cl. The summed E-state index contributed by atoms with van der Waals surface area (Å²) < 4.78 is 0. The Morgan fingerprint density at radius 1 is 0.967 bits per heavy atom. The van der Waals surface area contributed by atoms with Crippen molar-refractivity contribution in [1.29, 1.82) is 0 Å². The molecule has 2 amide bonds. The number of hydrogen-bond acceptors (Lipinski definition) is 2. The van der Waals surface area contributed by atoms with Crippen LogP contribution in [-0.4, -0.2) is 29.3 Å². The van der Waals surface area contributed by atoms with Gasteiger partial charge in [-0.25, -0.2) is 0 Å². The molecule has 0 heterocycles. The summed E-state index contributed by atoms with van der Waals surface area (Å²) in [4.78, 5) is 27.3. The third kappa shape index (κ3) is 7.19. The van der Waals surface area contributed by atoms with Gasteiger partial charge < -0.3 is 10.2 Å². The smallest absolute Gasteiger partial charge is 0.242 e. The molecule has 0 radical (unpaired) electrons. The molecule has 162 valence electrons. The van der Waals surface area contributed by atoms with Gasteiger partial charge in [-0.15, -0.1) is 0 Å². The number of rotatable bonds is 9. The second kappa shape index (κ2) is 11.6. The largest absolute Gasteiger partial charge is 0.354 e. The fourth-order valence-electron chi connectivity index (χ4n) is 2.96. The molecule has 0 fully saturated rings. The second-order valence-electron chi connectivity index (χ2n) is 7.68. The van der Waals surface area contributed by atoms with Crippen LogP contribution >= 0.6 is 34.8 Å². The van der Waals surface area contributed by atoms with Gasteiger partial charge in [0.05, 0.1) is 10.0 Å². The van der Waals surface area contributed by atoms with E-state index in [0.717, 1.165) is 11.1 Å². The third-order valence-electron chi connectivity index (χ3n) is 4.75. The van der Waals surface area contributed by atoms with Crippen molar-refractivity contribution in [3.8, 4) is 0 Å². The second-order valence-corrected chi connectivity index (χ2v) is 8.90. The molecule has 2 rings (SSSR count). The van der Waals surface area contributed by atoms with E-state index in [1.54, 1.807) is 36.1 Å². The van der Waals surface area contributed by atoms with Crippen LogP contribution in [0.4, 0.5) is 0 Å². The Kier molecular flexibility index (Phi) is 9.47. The molecule has 2 aromatic rings. The molecule has 0 aliphatic carbocycles. The maximum absolute atomic E-state index is 13.1. The number of amides is 2. The van der Waals surface area contributed by atoms with E-state index in [1.807, 2.05) is 32.0 Å². The maximum Gasteiger partial charge on any atom is 0.242 e. The molecule has 0 bridgehead atoms. The predicted molar refractivity (Wildman–Crippen MR) is 124 cm³/mol. The van der Waals surface area contributed by atoms with Crippen LogP contribution in [-0.2, 0) is 22.6 Å². The summed E-state index contributed by atoms with van der Waals surface area (Å²) in [5.41, 5.74) is 1.71. The van der Waals surface area contributed by atoms with E-state index in [0.29, 0.717) is 34.0 Å². The van der Waals surface area contributed by atoms with Gasteiger partial charge in [-0.1, -0.05) is 72.9 Å². The molecule has 7 heteroatoms. The zero-order valence-electron chi connectivity index (χ0n) is 17.4. The van der Waals surface area contributed by atoms with Crippen LogP contribution in [0.3, 0.4) is 0 Å². The van der Waals surface area contributed by atoms with Gasteiger partial charge in [0, 0.05) is 24.5 Å². The highest BCUT2D eigenvalue weighted by molar-refractivity contribution is 6.42. The van der Waals surface area contributed by atoms with Crippen molar-refractivity contribution in [2.75, 3.05) is 6.54 Å². The molecule has 0 saturated carbocycles. The minimum atomic E-state index is -0.628. The first-order valence-electron chi connectivity index (χ1n) is 9.93. The molecule has 2 aromatic carbocycles. The summed E-state index contributed by atoms with van der Waals surface area (Å²) in [6.45, 7) is 6.59. The quantitative estimate of drug-likeness (QED) is 0.507. The lowest BCUT2D eigenvalue weighted by Gasteiger charge is -2.29. The summed E-state index contributed by atoms with van der Waals surface area (Å²) in [7, 11) is 0. The van der Waals surface area contributed by atoms with Crippen LogP contribution in [0.15, 0.2) is 42.5 Å². The Morgan fingerprint density at radius 2 is 1.67 bits per heavy atom. The Balaban J connectivity index is 2.18.